The van der Waals surface area contributed by atoms with Gasteiger partial charge in [-0.15, -0.1) is 6.58 Å². The van der Waals surface area contributed by atoms with Crippen LogP contribution in [0.25, 0.3) is 10.9 Å². The molecule has 4 fully saturated rings. The summed E-state index contributed by atoms with van der Waals surface area (Å²) in [6.07, 6.45) is 7.87. The number of rotatable bonds is 9. The Kier molecular flexibility index (Phi) is 11.7. The Labute approximate surface area is 327 Å². The summed E-state index contributed by atoms with van der Waals surface area (Å²) >= 11 is 0. The van der Waals surface area contributed by atoms with Crippen LogP contribution in [-0.4, -0.2) is 121 Å². The lowest BCUT2D eigenvalue weighted by Gasteiger charge is -2.34. The molecule has 1 saturated heterocycles. The Balaban J connectivity index is 1.21. The molecule has 3 saturated carbocycles. The summed E-state index contributed by atoms with van der Waals surface area (Å²) in [6.45, 7) is 7.29. The van der Waals surface area contributed by atoms with Crippen LogP contribution in [0.15, 0.2) is 30.9 Å². The van der Waals surface area contributed by atoms with Crippen molar-refractivity contribution in [1.29, 1.82) is 0 Å². The van der Waals surface area contributed by atoms with Crippen molar-refractivity contribution in [2.45, 2.75) is 107 Å². The summed E-state index contributed by atoms with van der Waals surface area (Å²) in [5.41, 5.74) is 0.0738. The van der Waals surface area contributed by atoms with Crippen LogP contribution in [0.4, 0.5) is 4.79 Å². The highest BCUT2D eigenvalue weighted by Gasteiger charge is 2.61. The minimum atomic E-state index is -3.91. The van der Waals surface area contributed by atoms with Gasteiger partial charge in [-0.2, -0.15) is 9.97 Å². The van der Waals surface area contributed by atoms with Crippen molar-refractivity contribution in [3.05, 3.63) is 36.4 Å². The molecule has 0 radical (unpaired) electrons. The van der Waals surface area contributed by atoms with Crippen LogP contribution < -0.4 is 24.8 Å². The molecule has 304 valence electrons. The number of amides is 5. The number of urea groups is 1. The molecule has 3 N–H and O–H groups in total. The number of hydrogen-bond acceptors (Lipinski definition) is 11. The number of sulfonamides is 1. The van der Waals surface area contributed by atoms with Crippen molar-refractivity contribution in [3.63, 3.8) is 0 Å². The maximum Gasteiger partial charge on any atom is 0.320 e. The molecule has 2 aliphatic heterocycles. The Bertz CT molecular complexity index is 1950. The zero-order valence-corrected chi connectivity index (χ0v) is 33.0. The number of aromatic nitrogens is 2. The summed E-state index contributed by atoms with van der Waals surface area (Å²) in [7, 11) is -2.40. The molecule has 16 nitrogen and oxygen atoms in total. The van der Waals surface area contributed by atoms with E-state index >= 15 is 0 Å². The molecule has 3 aliphatic carbocycles. The summed E-state index contributed by atoms with van der Waals surface area (Å²) in [5.74, 6) is -2.38. The molecule has 1 aromatic carbocycles. The number of aryl methyl sites for hydroxylation is 1. The fraction of sp³-hybridized carbons (Fsp3) is 0.641. The first-order chi connectivity index (χ1) is 26.9. The van der Waals surface area contributed by atoms with E-state index in [1.807, 2.05) is 25.1 Å². The number of benzene rings is 1. The number of carbonyl (C=O) groups is 4. The van der Waals surface area contributed by atoms with Crippen molar-refractivity contribution < 1.29 is 41.8 Å². The molecule has 5 aliphatic rings. The van der Waals surface area contributed by atoms with Crippen LogP contribution in [0.2, 0.25) is 0 Å². The van der Waals surface area contributed by atoms with Gasteiger partial charge in [-0.3, -0.25) is 19.1 Å². The van der Waals surface area contributed by atoms with E-state index in [9.17, 15) is 27.6 Å². The number of likely N-dealkylation sites (N-methyl/N-ethyl adjacent to an activating group) is 1. The van der Waals surface area contributed by atoms with E-state index in [2.05, 4.69) is 31.9 Å². The van der Waals surface area contributed by atoms with E-state index in [1.54, 1.807) is 4.90 Å². The van der Waals surface area contributed by atoms with Crippen molar-refractivity contribution in [1.82, 2.24) is 35.1 Å². The molecule has 7 rings (SSSR count). The van der Waals surface area contributed by atoms with Crippen LogP contribution in [-0.2, 0) is 35.6 Å². The fourth-order valence-corrected chi connectivity index (χ4v) is 9.58. The number of ether oxygens (including phenoxy) is 3. The second-order valence-corrected chi connectivity index (χ2v) is 17.6. The number of carbonyl (C=O) groups excluding carboxylic acids is 4. The van der Waals surface area contributed by atoms with Gasteiger partial charge in [-0.1, -0.05) is 25.0 Å². The minimum absolute atomic E-state index is 0.0312. The molecular weight excluding hydrogens is 743 g/mol. The predicted molar refractivity (Wildman–Crippen MR) is 205 cm³/mol. The Hall–Kier alpha value is -4.51. The van der Waals surface area contributed by atoms with Gasteiger partial charge in [0.05, 0.1) is 35.5 Å². The first kappa shape index (κ1) is 39.7. The van der Waals surface area contributed by atoms with Gasteiger partial charge >= 0.3 is 12.0 Å². The smallest absolute Gasteiger partial charge is 0.320 e. The lowest BCUT2D eigenvalue weighted by atomic mass is 9.96. The molecule has 17 heteroatoms. The Morgan fingerprint density at radius 3 is 2.59 bits per heavy atom. The first-order valence-electron chi connectivity index (χ1n) is 19.9. The quantitative estimate of drug-likeness (QED) is 0.316. The standard InChI is InChI=1S/C39H53N7O9S/c1-4-26-22-39(26,36(49)44-56(51,52)28-13-14-28)43-33(47)31-17-20-55-34-29-21-24(12-15-30(29)40-37(42-34)53-5-2)9-8-19-54-27-16-18-46(23-27)38(50)41-32(35(48)45(31)3)25-10-6-7-11-25/h4,12,15,21,25-28,31-32H,1,5-11,13-14,16-20,22-23H2,2-3H3,(H,41,50)(H,43,47)(H,44,49)/t26-,27?,31+,32+,39-/m1/s1. The van der Waals surface area contributed by atoms with Gasteiger partial charge in [0.15, 0.2) is 0 Å². The molecule has 4 bridgehead atoms. The number of hydrogen-bond donors (Lipinski definition) is 3. The molecular formula is C39H53N7O9S. The van der Waals surface area contributed by atoms with E-state index in [0.717, 1.165) is 44.1 Å². The van der Waals surface area contributed by atoms with E-state index in [0.29, 0.717) is 56.5 Å². The van der Waals surface area contributed by atoms with E-state index in [1.165, 1.54) is 18.0 Å². The highest BCUT2D eigenvalue weighted by molar-refractivity contribution is 7.91. The monoisotopic (exact) mass is 795 g/mol. The summed E-state index contributed by atoms with van der Waals surface area (Å²) in [4.78, 5) is 68.5. The van der Waals surface area contributed by atoms with Gasteiger partial charge in [0.2, 0.25) is 27.7 Å². The molecule has 0 spiro atoms. The van der Waals surface area contributed by atoms with E-state index < -0.39 is 56.5 Å². The molecule has 1 aromatic heterocycles. The maximum atomic E-state index is 14.6. The molecule has 56 heavy (non-hydrogen) atoms. The fourth-order valence-electron chi connectivity index (χ4n) is 8.22. The van der Waals surface area contributed by atoms with Gasteiger partial charge in [-0.25, -0.2) is 13.2 Å². The van der Waals surface area contributed by atoms with Gasteiger partial charge in [0.1, 0.15) is 17.6 Å². The third kappa shape index (κ3) is 8.58. The third-order valence-corrected chi connectivity index (χ3v) is 13.6. The number of fused-ring (bicyclic) bond motifs is 3. The Morgan fingerprint density at radius 1 is 1.09 bits per heavy atom. The molecule has 5 amide bonds. The highest BCUT2D eigenvalue weighted by atomic mass is 32.2. The molecule has 1 unspecified atom stereocenters. The molecule has 3 heterocycles. The highest BCUT2D eigenvalue weighted by Crippen LogP contribution is 2.45. The zero-order valence-electron chi connectivity index (χ0n) is 32.2. The minimum Gasteiger partial charge on any atom is -0.477 e. The van der Waals surface area contributed by atoms with Crippen LogP contribution in [0.3, 0.4) is 0 Å². The maximum absolute atomic E-state index is 14.6. The molecule has 2 aromatic rings. The van der Waals surface area contributed by atoms with Crippen molar-refractivity contribution >= 4 is 44.7 Å². The normalized spacial score (nSPS) is 28.0. The largest absolute Gasteiger partial charge is 0.477 e. The molecule has 5 atom stereocenters. The predicted octanol–water partition coefficient (Wildman–Crippen LogP) is 2.60. The number of nitrogens with one attached hydrogen (secondary N) is 3. The lowest BCUT2D eigenvalue weighted by Crippen LogP contribution is -2.60. The second kappa shape index (κ2) is 16.5. The van der Waals surface area contributed by atoms with Crippen LogP contribution in [0, 0.1) is 11.8 Å². The topological polar surface area (TPSA) is 198 Å². The van der Waals surface area contributed by atoms with Gasteiger partial charge in [0.25, 0.3) is 5.91 Å². The van der Waals surface area contributed by atoms with E-state index in [-0.39, 0.29) is 49.4 Å². The van der Waals surface area contributed by atoms with Gasteiger partial charge < -0.3 is 34.6 Å². The third-order valence-electron chi connectivity index (χ3n) is 11.8. The summed E-state index contributed by atoms with van der Waals surface area (Å²) in [5, 5.41) is 5.86. The van der Waals surface area contributed by atoms with Crippen molar-refractivity contribution in [2.75, 3.05) is 40.0 Å². The Morgan fingerprint density at radius 2 is 1.88 bits per heavy atom. The van der Waals surface area contributed by atoms with E-state index in [4.69, 9.17) is 14.2 Å². The number of nitrogens with zero attached hydrogens (tertiary/aromatic N) is 4. The van der Waals surface area contributed by atoms with Crippen LogP contribution in [0.5, 0.6) is 11.9 Å². The van der Waals surface area contributed by atoms with Crippen LogP contribution in [0.1, 0.15) is 76.7 Å². The van der Waals surface area contributed by atoms with Crippen LogP contribution >= 0.6 is 0 Å². The van der Waals surface area contributed by atoms with Crippen molar-refractivity contribution in [3.8, 4) is 11.9 Å². The van der Waals surface area contributed by atoms with Gasteiger partial charge in [-0.05, 0) is 81.9 Å². The lowest BCUT2D eigenvalue weighted by molar-refractivity contribution is -0.142. The SMILES string of the molecule is C=C[C@@H]1C[C@]1(NC(=O)[C@@H]1CCOc2nc(OCC)nc3ccc(cc23)CCCOC2CCN(C2)C(=O)N[C@@H](C2CCCC2)C(=O)N1C)C(=O)NS(=O)(=O)C1CC1. The summed E-state index contributed by atoms with van der Waals surface area (Å²) in [6, 6.07) is 3.51. The average molecular weight is 796 g/mol. The van der Waals surface area contributed by atoms with Crippen molar-refractivity contribution in [2.24, 2.45) is 11.8 Å². The van der Waals surface area contributed by atoms with Gasteiger partial charge in [0, 0.05) is 39.1 Å². The summed E-state index contributed by atoms with van der Waals surface area (Å²) < 4.78 is 45.9. The second-order valence-electron chi connectivity index (χ2n) is 15.7. The average Bonchev–Trinajstić information content (AvgIpc) is 4.04. The first-order valence-corrected chi connectivity index (χ1v) is 21.5. The zero-order chi connectivity index (χ0) is 39.6.